The number of carbonyl (C=O) groups is 1. The van der Waals surface area contributed by atoms with Gasteiger partial charge >= 0.3 is 5.69 Å². The van der Waals surface area contributed by atoms with E-state index in [-0.39, 0.29) is 0 Å². The molecular weight excluding hydrogens is 374 g/mol. The smallest absolute Gasteiger partial charge is 0.323 e. The summed E-state index contributed by atoms with van der Waals surface area (Å²) in [6, 6.07) is 12.8. The first kappa shape index (κ1) is 16.2. The standard InChI is InChI=1S/C17H14BrN3O3/c1-10(15(22)19-14-9-5-3-7-12(14)18)21-16(23)11-6-2-4-8-13(11)20-17(21)24/h2-10H,1H3,(H,19,22)(H,20,24). The molecule has 0 fully saturated rings. The van der Waals surface area contributed by atoms with Crippen LogP contribution in [0, 0.1) is 0 Å². The van der Waals surface area contributed by atoms with Crippen molar-refractivity contribution in [3.63, 3.8) is 0 Å². The monoisotopic (exact) mass is 387 g/mol. The van der Waals surface area contributed by atoms with Crippen LogP contribution in [0.3, 0.4) is 0 Å². The maximum Gasteiger partial charge on any atom is 0.329 e. The summed E-state index contributed by atoms with van der Waals surface area (Å²) in [7, 11) is 0. The Balaban J connectivity index is 2.01. The first-order valence-corrected chi connectivity index (χ1v) is 8.07. The van der Waals surface area contributed by atoms with Gasteiger partial charge in [-0.1, -0.05) is 24.3 Å². The molecule has 2 aromatic carbocycles. The predicted octanol–water partition coefficient (Wildman–Crippen LogP) is 2.65. The third-order valence-corrected chi connectivity index (χ3v) is 4.43. The lowest BCUT2D eigenvalue weighted by molar-refractivity contribution is -0.119. The number of carbonyl (C=O) groups excluding carboxylic acids is 1. The molecule has 1 unspecified atom stereocenters. The lowest BCUT2D eigenvalue weighted by atomic mass is 10.2. The van der Waals surface area contributed by atoms with Gasteiger partial charge in [-0.2, -0.15) is 0 Å². The molecule has 3 rings (SSSR count). The van der Waals surface area contributed by atoms with Crippen LogP contribution in [0.15, 0.2) is 62.6 Å². The molecule has 1 amide bonds. The van der Waals surface area contributed by atoms with E-state index < -0.39 is 23.2 Å². The summed E-state index contributed by atoms with van der Waals surface area (Å²) < 4.78 is 1.64. The zero-order valence-electron chi connectivity index (χ0n) is 12.7. The van der Waals surface area contributed by atoms with E-state index in [0.717, 1.165) is 4.57 Å². The summed E-state index contributed by atoms with van der Waals surface area (Å²) in [5.41, 5.74) is -0.0978. The Morgan fingerprint density at radius 1 is 1.12 bits per heavy atom. The van der Waals surface area contributed by atoms with Crippen molar-refractivity contribution >= 4 is 38.4 Å². The highest BCUT2D eigenvalue weighted by molar-refractivity contribution is 9.10. The van der Waals surface area contributed by atoms with Gasteiger partial charge in [0.15, 0.2) is 0 Å². The van der Waals surface area contributed by atoms with Crippen LogP contribution < -0.4 is 16.6 Å². The Bertz CT molecular complexity index is 1040. The Morgan fingerprint density at radius 3 is 2.54 bits per heavy atom. The predicted molar refractivity (Wildman–Crippen MR) is 96.3 cm³/mol. The summed E-state index contributed by atoms with van der Waals surface area (Å²) in [5, 5.41) is 3.07. The zero-order chi connectivity index (χ0) is 17.3. The molecule has 1 heterocycles. The number of fused-ring (bicyclic) bond motifs is 1. The van der Waals surface area contributed by atoms with Crippen molar-refractivity contribution < 1.29 is 4.79 Å². The van der Waals surface area contributed by atoms with Gasteiger partial charge in [-0.15, -0.1) is 0 Å². The minimum atomic E-state index is -0.960. The van der Waals surface area contributed by atoms with Gasteiger partial charge in [-0.3, -0.25) is 9.59 Å². The average Bonchev–Trinajstić information content (AvgIpc) is 2.56. The van der Waals surface area contributed by atoms with Gasteiger partial charge in [0.05, 0.1) is 16.6 Å². The molecule has 24 heavy (non-hydrogen) atoms. The van der Waals surface area contributed by atoms with Crippen LogP contribution in [0.5, 0.6) is 0 Å². The molecular formula is C17H14BrN3O3. The highest BCUT2D eigenvalue weighted by Gasteiger charge is 2.20. The number of anilines is 1. The SMILES string of the molecule is CC(C(=O)Nc1ccccc1Br)n1c(=O)[nH]c2ccccc2c1=O. The van der Waals surface area contributed by atoms with Crippen LogP contribution in [0.4, 0.5) is 5.69 Å². The molecule has 0 saturated heterocycles. The van der Waals surface area contributed by atoms with Gasteiger partial charge in [0, 0.05) is 4.47 Å². The molecule has 2 N–H and O–H groups in total. The fraction of sp³-hybridized carbons (Fsp3) is 0.118. The summed E-state index contributed by atoms with van der Waals surface area (Å²) >= 11 is 3.34. The Kier molecular flexibility index (Phi) is 4.35. The number of H-pyrrole nitrogens is 1. The van der Waals surface area contributed by atoms with E-state index in [1.54, 1.807) is 42.5 Å². The highest BCUT2D eigenvalue weighted by Crippen LogP contribution is 2.22. The van der Waals surface area contributed by atoms with Gasteiger partial charge in [-0.05, 0) is 47.1 Å². The van der Waals surface area contributed by atoms with Crippen molar-refractivity contribution in [1.82, 2.24) is 9.55 Å². The molecule has 6 nitrogen and oxygen atoms in total. The minimum absolute atomic E-state index is 0.359. The molecule has 0 saturated carbocycles. The Labute approximate surface area is 145 Å². The Hall–Kier alpha value is -2.67. The third kappa shape index (κ3) is 2.90. The lowest BCUT2D eigenvalue weighted by Gasteiger charge is -2.15. The number of hydrogen-bond donors (Lipinski definition) is 2. The number of para-hydroxylation sites is 2. The van der Waals surface area contributed by atoms with Crippen molar-refractivity contribution in [2.45, 2.75) is 13.0 Å². The second-order valence-corrected chi connectivity index (χ2v) is 6.15. The number of aromatic nitrogens is 2. The molecule has 1 atom stereocenters. The van der Waals surface area contributed by atoms with E-state index in [2.05, 4.69) is 26.2 Å². The van der Waals surface area contributed by atoms with Crippen LogP contribution in [0.25, 0.3) is 10.9 Å². The van der Waals surface area contributed by atoms with E-state index in [0.29, 0.717) is 21.1 Å². The van der Waals surface area contributed by atoms with Crippen molar-refractivity contribution in [2.24, 2.45) is 0 Å². The topological polar surface area (TPSA) is 84.0 Å². The maximum atomic E-state index is 12.6. The second-order valence-electron chi connectivity index (χ2n) is 5.30. The van der Waals surface area contributed by atoms with Crippen molar-refractivity contribution in [3.8, 4) is 0 Å². The van der Waals surface area contributed by atoms with Gasteiger partial charge < -0.3 is 10.3 Å². The average molecular weight is 388 g/mol. The lowest BCUT2D eigenvalue weighted by Crippen LogP contribution is -2.41. The van der Waals surface area contributed by atoms with Gasteiger partial charge in [0.25, 0.3) is 5.56 Å². The van der Waals surface area contributed by atoms with Crippen LogP contribution in [-0.4, -0.2) is 15.5 Å². The third-order valence-electron chi connectivity index (χ3n) is 3.74. The summed E-state index contributed by atoms with van der Waals surface area (Å²) in [6.45, 7) is 1.51. The molecule has 0 spiro atoms. The van der Waals surface area contributed by atoms with Crippen molar-refractivity contribution in [2.75, 3.05) is 5.32 Å². The normalized spacial score (nSPS) is 12.1. The van der Waals surface area contributed by atoms with E-state index >= 15 is 0 Å². The minimum Gasteiger partial charge on any atom is -0.323 e. The maximum absolute atomic E-state index is 12.6. The van der Waals surface area contributed by atoms with E-state index in [4.69, 9.17) is 0 Å². The second kappa shape index (κ2) is 6.45. The van der Waals surface area contributed by atoms with Crippen LogP contribution in [0.2, 0.25) is 0 Å². The fourth-order valence-electron chi connectivity index (χ4n) is 2.44. The van der Waals surface area contributed by atoms with Crippen molar-refractivity contribution in [3.05, 3.63) is 73.8 Å². The number of halogens is 1. The van der Waals surface area contributed by atoms with Crippen molar-refractivity contribution in [1.29, 1.82) is 0 Å². The molecule has 0 radical (unpaired) electrons. The molecule has 122 valence electrons. The molecule has 0 bridgehead atoms. The summed E-state index contributed by atoms with van der Waals surface area (Å²) in [6.07, 6.45) is 0. The summed E-state index contributed by atoms with van der Waals surface area (Å²) in [5.74, 6) is -0.454. The van der Waals surface area contributed by atoms with Gasteiger partial charge in [0.1, 0.15) is 6.04 Å². The van der Waals surface area contributed by atoms with Crippen LogP contribution >= 0.6 is 15.9 Å². The van der Waals surface area contributed by atoms with E-state index in [1.165, 1.54) is 6.92 Å². The molecule has 0 aliphatic rings. The van der Waals surface area contributed by atoms with Crippen LogP contribution in [0.1, 0.15) is 13.0 Å². The highest BCUT2D eigenvalue weighted by atomic mass is 79.9. The molecule has 0 aliphatic carbocycles. The number of benzene rings is 2. The Morgan fingerprint density at radius 2 is 1.79 bits per heavy atom. The number of amides is 1. The van der Waals surface area contributed by atoms with E-state index in [1.807, 2.05) is 6.07 Å². The van der Waals surface area contributed by atoms with Gasteiger partial charge in [0.2, 0.25) is 5.91 Å². The summed E-state index contributed by atoms with van der Waals surface area (Å²) in [4.78, 5) is 39.9. The number of hydrogen-bond acceptors (Lipinski definition) is 3. The molecule has 7 heteroatoms. The molecule has 1 aromatic heterocycles. The van der Waals surface area contributed by atoms with E-state index in [9.17, 15) is 14.4 Å². The molecule has 3 aromatic rings. The zero-order valence-corrected chi connectivity index (χ0v) is 14.3. The largest absolute Gasteiger partial charge is 0.329 e. The first-order chi connectivity index (χ1) is 11.5. The number of nitrogens with one attached hydrogen (secondary N) is 2. The van der Waals surface area contributed by atoms with Crippen LogP contribution in [-0.2, 0) is 4.79 Å². The van der Waals surface area contributed by atoms with Gasteiger partial charge in [-0.25, -0.2) is 9.36 Å². The number of aromatic amines is 1. The quantitative estimate of drug-likeness (QED) is 0.724. The fourth-order valence-corrected chi connectivity index (χ4v) is 2.83. The first-order valence-electron chi connectivity index (χ1n) is 7.28. The number of rotatable bonds is 3. The molecule has 0 aliphatic heterocycles. The number of nitrogens with zero attached hydrogens (tertiary/aromatic N) is 1.